The second kappa shape index (κ2) is 10.8. The number of nitrogens with zero attached hydrogens (tertiary/aromatic N) is 1. The summed E-state index contributed by atoms with van der Waals surface area (Å²) in [5.41, 5.74) is 1.93. The molecule has 0 aliphatic carbocycles. The number of rotatable bonds is 6. The average molecular weight is 459 g/mol. The van der Waals surface area contributed by atoms with Crippen LogP contribution in [0.15, 0.2) is 47.5 Å². The maximum absolute atomic E-state index is 12.9. The molecule has 0 aliphatic rings. The first-order valence-corrected chi connectivity index (χ1v) is 7.56. The van der Waals surface area contributed by atoms with Gasteiger partial charge in [-0.2, -0.15) is 0 Å². The Labute approximate surface area is 164 Å². The lowest BCUT2D eigenvalue weighted by atomic mass is 10.2. The fourth-order valence-electron chi connectivity index (χ4n) is 2.28. The van der Waals surface area contributed by atoms with Crippen LogP contribution in [0.5, 0.6) is 11.5 Å². The van der Waals surface area contributed by atoms with Gasteiger partial charge < -0.3 is 20.1 Å². The van der Waals surface area contributed by atoms with Crippen molar-refractivity contribution in [3.05, 3.63) is 59.4 Å². The highest BCUT2D eigenvalue weighted by Gasteiger charge is 2.09. The predicted molar refractivity (Wildman–Crippen MR) is 108 cm³/mol. The van der Waals surface area contributed by atoms with Gasteiger partial charge in [0, 0.05) is 25.7 Å². The fourth-order valence-corrected chi connectivity index (χ4v) is 2.28. The summed E-state index contributed by atoms with van der Waals surface area (Å²) in [5, 5.41) is 6.41. The second-order valence-electron chi connectivity index (χ2n) is 5.06. The number of benzene rings is 2. The number of halogens is 2. The lowest BCUT2D eigenvalue weighted by Crippen LogP contribution is -2.36. The number of nitrogens with one attached hydrogen (secondary N) is 2. The van der Waals surface area contributed by atoms with Crippen LogP contribution in [0.4, 0.5) is 4.39 Å². The van der Waals surface area contributed by atoms with Gasteiger partial charge in [-0.05, 0) is 23.8 Å². The molecule has 0 spiro atoms. The molecule has 2 aromatic carbocycles. The van der Waals surface area contributed by atoms with Crippen molar-refractivity contribution in [1.29, 1.82) is 0 Å². The normalized spacial score (nSPS) is 10.6. The van der Waals surface area contributed by atoms with E-state index in [0.29, 0.717) is 30.5 Å². The highest BCUT2D eigenvalue weighted by molar-refractivity contribution is 14.0. The highest BCUT2D eigenvalue weighted by Crippen LogP contribution is 2.30. The molecule has 0 aromatic heterocycles. The molecule has 0 aliphatic heterocycles. The Hall–Kier alpha value is -2.03. The molecule has 2 aromatic rings. The number of methoxy groups -OCH3 is 2. The van der Waals surface area contributed by atoms with Crippen molar-refractivity contribution >= 4 is 29.9 Å². The summed E-state index contributed by atoms with van der Waals surface area (Å²) in [6.45, 7) is 1.08. The molecule has 25 heavy (non-hydrogen) atoms. The van der Waals surface area contributed by atoms with Gasteiger partial charge in [0.1, 0.15) is 5.82 Å². The molecule has 0 radical (unpaired) electrons. The molecule has 0 unspecified atom stereocenters. The van der Waals surface area contributed by atoms with Gasteiger partial charge in [0.05, 0.1) is 14.2 Å². The van der Waals surface area contributed by atoms with Gasteiger partial charge in [-0.1, -0.05) is 24.3 Å². The highest BCUT2D eigenvalue weighted by atomic mass is 127. The van der Waals surface area contributed by atoms with E-state index in [1.54, 1.807) is 33.4 Å². The lowest BCUT2D eigenvalue weighted by Gasteiger charge is -2.15. The van der Waals surface area contributed by atoms with Gasteiger partial charge in [-0.3, -0.25) is 4.99 Å². The number of ether oxygens (including phenoxy) is 2. The minimum absolute atomic E-state index is 0. The zero-order valence-corrected chi connectivity index (χ0v) is 16.8. The molecular weight excluding hydrogens is 436 g/mol. The molecule has 2 N–H and O–H groups in total. The molecule has 0 saturated heterocycles. The summed E-state index contributed by atoms with van der Waals surface area (Å²) >= 11 is 0. The first kappa shape index (κ1) is 21.0. The van der Waals surface area contributed by atoms with E-state index in [1.807, 2.05) is 18.2 Å². The maximum Gasteiger partial charge on any atom is 0.191 e. The summed E-state index contributed by atoms with van der Waals surface area (Å²) in [6, 6.07) is 12.1. The van der Waals surface area contributed by atoms with E-state index >= 15 is 0 Å². The van der Waals surface area contributed by atoms with E-state index < -0.39 is 0 Å². The molecule has 0 saturated carbocycles. The first-order valence-electron chi connectivity index (χ1n) is 7.56. The smallest absolute Gasteiger partial charge is 0.191 e. The third kappa shape index (κ3) is 6.08. The summed E-state index contributed by atoms with van der Waals surface area (Å²) in [7, 11) is 4.92. The van der Waals surface area contributed by atoms with Gasteiger partial charge in [0.25, 0.3) is 0 Å². The van der Waals surface area contributed by atoms with Crippen LogP contribution in [0, 0.1) is 5.82 Å². The quantitative estimate of drug-likeness (QED) is 0.396. The molecule has 0 heterocycles. The van der Waals surface area contributed by atoms with Crippen molar-refractivity contribution < 1.29 is 13.9 Å². The minimum atomic E-state index is -0.244. The van der Waals surface area contributed by atoms with E-state index in [9.17, 15) is 4.39 Å². The largest absolute Gasteiger partial charge is 0.493 e. The number of aliphatic imine (C=N–C) groups is 1. The Morgan fingerprint density at radius 3 is 2.28 bits per heavy atom. The van der Waals surface area contributed by atoms with Crippen molar-refractivity contribution in [2.24, 2.45) is 4.99 Å². The van der Waals surface area contributed by atoms with Crippen LogP contribution in [0.3, 0.4) is 0 Å². The van der Waals surface area contributed by atoms with Gasteiger partial charge in [-0.15, -0.1) is 24.0 Å². The van der Waals surface area contributed by atoms with Crippen LogP contribution < -0.4 is 20.1 Å². The molecule has 0 bridgehead atoms. The Morgan fingerprint density at radius 1 is 1.00 bits per heavy atom. The number of guanidine groups is 1. The van der Waals surface area contributed by atoms with Gasteiger partial charge in [-0.25, -0.2) is 4.39 Å². The SMILES string of the molecule is CN=C(NCc1ccc(F)cc1)NCc1cccc(OC)c1OC.I. The molecule has 136 valence electrons. The second-order valence-corrected chi connectivity index (χ2v) is 5.06. The monoisotopic (exact) mass is 459 g/mol. The average Bonchev–Trinajstić information content (AvgIpc) is 2.62. The Morgan fingerprint density at radius 2 is 1.68 bits per heavy atom. The molecule has 5 nitrogen and oxygen atoms in total. The summed E-state index contributed by atoms with van der Waals surface area (Å²) in [4.78, 5) is 4.18. The Balaban J connectivity index is 0.00000312. The van der Waals surface area contributed by atoms with Crippen LogP contribution in [0.25, 0.3) is 0 Å². The van der Waals surface area contributed by atoms with Crippen LogP contribution in [0.1, 0.15) is 11.1 Å². The van der Waals surface area contributed by atoms with Crippen LogP contribution in [-0.4, -0.2) is 27.2 Å². The molecule has 0 amide bonds. The van der Waals surface area contributed by atoms with Crippen molar-refractivity contribution in [1.82, 2.24) is 10.6 Å². The van der Waals surface area contributed by atoms with Crippen molar-refractivity contribution in [2.75, 3.05) is 21.3 Å². The number of hydrogen-bond acceptors (Lipinski definition) is 3. The number of hydrogen-bond donors (Lipinski definition) is 2. The van der Waals surface area contributed by atoms with Crippen molar-refractivity contribution in [3.8, 4) is 11.5 Å². The standard InChI is InChI=1S/C18H22FN3O2.HI/c1-20-18(21-11-13-7-9-15(19)10-8-13)22-12-14-5-4-6-16(23-2)17(14)24-3;/h4-10H,11-12H2,1-3H3,(H2,20,21,22);1H. The van der Waals surface area contributed by atoms with E-state index in [1.165, 1.54) is 12.1 Å². The predicted octanol–water partition coefficient (Wildman–Crippen LogP) is 3.33. The maximum atomic E-state index is 12.9. The van der Waals surface area contributed by atoms with Crippen LogP contribution in [0.2, 0.25) is 0 Å². The first-order chi connectivity index (χ1) is 11.7. The summed E-state index contributed by atoms with van der Waals surface area (Å²) in [5.74, 6) is 1.78. The molecule has 2 rings (SSSR count). The molecular formula is C18H23FIN3O2. The Bertz CT molecular complexity index is 693. The third-order valence-corrected chi connectivity index (χ3v) is 3.53. The van der Waals surface area contributed by atoms with E-state index in [-0.39, 0.29) is 29.8 Å². The van der Waals surface area contributed by atoms with E-state index in [0.717, 1.165) is 11.1 Å². The third-order valence-electron chi connectivity index (χ3n) is 3.53. The molecule has 7 heteroatoms. The fraction of sp³-hybridized carbons (Fsp3) is 0.278. The Kier molecular flexibility index (Phi) is 9.04. The molecule has 0 fully saturated rings. The topological polar surface area (TPSA) is 54.9 Å². The van der Waals surface area contributed by atoms with Crippen molar-refractivity contribution in [2.45, 2.75) is 13.1 Å². The van der Waals surface area contributed by atoms with Gasteiger partial charge in [0.15, 0.2) is 17.5 Å². The summed E-state index contributed by atoms with van der Waals surface area (Å²) < 4.78 is 23.6. The zero-order chi connectivity index (χ0) is 17.4. The minimum Gasteiger partial charge on any atom is -0.493 e. The van der Waals surface area contributed by atoms with Crippen LogP contribution in [-0.2, 0) is 13.1 Å². The van der Waals surface area contributed by atoms with Crippen molar-refractivity contribution in [3.63, 3.8) is 0 Å². The number of para-hydroxylation sites is 1. The van der Waals surface area contributed by atoms with Gasteiger partial charge in [0.2, 0.25) is 0 Å². The van der Waals surface area contributed by atoms with E-state index in [2.05, 4.69) is 15.6 Å². The molecule has 0 atom stereocenters. The zero-order valence-electron chi connectivity index (χ0n) is 14.5. The lowest BCUT2D eigenvalue weighted by molar-refractivity contribution is 0.351. The van der Waals surface area contributed by atoms with E-state index in [4.69, 9.17) is 9.47 Å². The van der Waals surface area contributed by atoms with Gasteiger partial charge >= 0.3 is 0 Å². The van der Waals surface area contributed by atoms with Crippen LogP contribution >= 0.6 is 24.0 Å². The summed E-state index contributed by atoms with van der Waals surface area (Å²) in [6.07, 6.45) is 0.